The summed E-state index contributed by atoms with van der Waals surface area (Å²) in [5.74, 6) is 0.0119. The van der Waals surface area contributed by atoms with Gasteiger partial charge < -0.3 is 14.9 Å². The van der Waals surface area contributed by atoms with Crippen LogP contribution < -0.4 is 9.80 Å². The van der Waals surface area contributed by atoms with Crippen LogP contribution in [0.3, 0.4) is 0 Å². The Morgan fingerprint density at radius 3 is 2.44 bits per heavy atom. The summed E-state index contributed by atoms with van der Waals surface area (Å²) in [6, 6.07) is 24.8. The lowest BCUT2D eigenvalue weighted by Crippen LogP contribution is -2.32. The molecule has 8 heteroatoms. The van der Waals surface area contributed by atoms with E-state index in [9.17, 15) is 9.90 Å². The van der Waals surface area contributed by atoms with Gasteiger partial charge in [0, 0.05) is 36.8 Å². The van der Waals surface area contributed by atoms with E-state index in [0.29, 0.717) is 18.3 Å². The Morgan fingerprint density at radius 1 is 0.949 bits per heavy atom. The predicted molar refractivity (Wildman–Crippen MR) is 165 cm³/mol. The fourth-order valence-electron chi connectivity index (χ4n) is 4.87. The molecule has 1 fully saturated rings. The second-order valence-corrected chi connectivity index (χ2v) is 11.4. The molecule has 0 saturated carbocycles. The number of carbonyl (C=O) groups excluding carboxylic acids is 1. The van der Waals surface area contributed by atoms with Gasteiger partial charge in [-0.05, 0) is 80.4 Å². The molecule has 1 amide bonds. The van der Waals surface area contributed by atoms with Crippen molar-refractivity contribution in [3.8, 4) is 0 Å². The molecule has 2 heterocycles. The number of amides is 1. The maximum absolute atomic E-state index is 14.0. The number of aliphatic hydroxyl groups excluding tert-OH is 1. The van der Waals surface area contributed by atoms with Crippen LogP contribution in [0.1, 0.15) is 25.0 Å². The summed E-state index contributed by atoms with van der Waals surface area (Å²) < 4.78 is 0. The first-order chi connectivity index (χ1) is 19.0. The van der Waals surface area contributed by atoms with Crippen molar-refractivity contribution in [2.24, 2.45) is 4.99 Å². The van der Waals surface area contributed by atoms with Crippen LogP contribution in [0, 0.1) is 6.92 Å². The molecular weight excluding hydrogens is 525 g/mol. The molecule has 3 aromatic carbocycles. The van der Waals surface area contributed by atoms with Gasteiger partial charge >= 0.3 is 0 Å². The molecule has 0 aromatic heterocycles. The van der Waals surface area contributed by atoms with Gasteiger partial charge in [-0.15, -0.1) is 0 Å². The van der Waals surface area contributed by atoms with Crippen LogP contribution in [0.25, 0.3) is 0 Å². The van der Waals surface area contributed by atoms with Crippen molar-refractivity contribution in [2.45, 2.75) is 32.1 Å². The highest BCUT2D eigenvalue weighted by atomic mass is 32.2. The molecule has 2 aliphatic rings. The number of hydrogen-bond acceptors (Lipinski definition) is 7. The summed E-state index contributed by atoms with van der Waals surface area (Å²) in [6.07, 6.45) is 0.754. The van der Waals surface area contributed by atoms with E-state index in [1.165, 1.54) is 22.2 Å². The molecule has 1 N–H and O–H groups in total. The van der Waals surface area contributed by atoms with Crippen molar-refractivity contribution in [3.63, 3.8) is 0 Å². The summed E-state index contributed by atoms with van der Waals surface area (Å²) in [4.78, 5) is 27.1. The van der Waals surface area contributed by atoms with Crippen LogP contribution in [0.15, 0.2) is 92.6 Å². The Morgan fingerprint density at radius 2 is 1.72 bits per heavy atom. The number of anilines is 2. The van der Waals surface area contributed by atoms with Crippen LogP contribution in [-0.2, 0) is 11.2 Å². The van der Waals surface area contributed by atoms with Crippen LogP contribution in [0.2, 0.25) is 0 Å². The number of amidine groups is 1. The molecule has 6 nitrogen and oxygen atoms in total. The third-order valence-corrected chi connectivity index (χ3v) is 9.34. The number of nitrogens with zero attached hydrogens (tertiary/aromatic N) is 4. The first-order valence-electron chi connectivity index (χ1n) is 13.4. The van der Waals surface area contributed by atoms with Crippen LogP contribution >= 0.6 is 23.5 Å². The van der Waals surface area contributed by atoms with Crippen LogP contribution in [-0.4, -0.2) is 53.9 Å². The second kappa shape index (κ2) is 12.3. The minimum Gasteiger partial charge on any atom is -0.395 e. The van der Waals surface area contributed by atoms with Crippen molar-refractivity contribution in [3.05, 3.63) is 93.9 Å². The van der Waals surface area contributed by atoms with Gasteiger partial charge in [0.2, 0.25) is 0 Å². The van der Waals surface area contributed by atoms with Crippen molar-refractivity contribution in [1.82, 2.24) is 4.90 Å². The quantitative estimate of drug-likeness (QED) is 0.306. The van der Waals surface area contributed by atoms with Gasteiger partial charge in [-0.2, -0.15) is 0 Å². The van der Waals surface area contributed by atoms with Gasteiger partial charge in [-0.1, -0.05) is 54.2 Å². The van der Waals surface area contributed by atoms with Crippen LogP contribution in [0.4, 0.5) is 17.1 Å². The Balaban J connectivity index is 1.50. The summed E-state index contributed by atoms with van der Waals surface area (Å²) in [6.45, 7) is 9.12. The lowest BCUT2D eigenvalue weighted by Gasteiger charge is -2.23. The van der Waals surface area contributed by atoms with E-state index in [2.05, 4.69) is 54.0 Å². The maximum Gasteiger partial charge on any atom is 0.269 e. The van der Waals surface area contributed by atoms with Gasteiger partial charge in [0.05, 0.1) is 18.0 Å². The second-order valence-electron chi connectivity index (χ2n) is 9.41. The molecule has 5 rings (SSSR count). The van der Waals surface area contributed by atoms with E-state index in [4.69, 9.17) is 4.99 Å². The van der Waals surface area contributed by atoms with E-state index >= 15 is 0 Å². The largest absolute Gasteiger partial charge is 0.395 e. The first kappa shape index (κ1) is 27.4. The molecule has 0 aliphatic carbocycles. The van der Waals surface area contributed by atoms with Crippen LogP contribution in [0.5, 0.6) is 0 Å². The maximum atomic E-state index is 14.0. The van der Waals surface area contributed by atoms with Crippen molar-refractivity contribution in [2.75, 3.05) is 42.6 Å². The number of likely N-dealkylation sites (N-methyl/N-ethyl adjacent to an activating group) is 1. The SMILES string of the molecule is CCN(CCO)c1ccc(N=C2SC(=C3Sc4ccccc4N3CC)C(=O)N2CCc2ccccc2)c(C)c1. The topological polar surface area (TPSA) is 59.4 Å². The summed E-state index contributed by atoms with van der Waals surface area (Å²) in [5.41, 5.74) is 5.28. The van der Waals surface area contributed by atoms with Crippen molar-refractivity contribution in [1.29, 1.82) is 0 Å². The average molecular weight is 559 g/mol. The highest BCUT2D eigenvalue weighted by molar-refractivity contribution is 8.19. The minimum atomic E-state index is 0.0119. The van der Waals surface area contributed by atoms with E-state index in [1.54, 1.807) is 11.8 Å². The van der Waals surface area contributed by atoms with E-state index in [0.717, 1.165) is 52.1 Å². The first-order valence-corrected chi connectivity index (χ1v) is 15.0. The molecule has 3 aromatic rings. The number of aliphatic imine (C=N–C) groups is 1. The summed E-state index contributed by atoms with van der Waals surface area (Å²) >= 11 is 3.14. The van der Waals surface area contributed by atoms with E-state index in [-0.39, 0.29) is 12.5 Å². The molecular formula is C31H34N4O2S2. The zero-order valence-electron chi connectivity index (χ0n) is 22.6. The minimum absolute atomic E-state index is 0.0119. The Kier molecular flexibility index (Phi) is 8.65. The highest BCUT2D eigenvalue weighted by Crippen LogP contribution is 2.50. The van der Waals surface area contributed by atoms with Crippen molar-refractivity contribution >= 4 is 51.7 Å². The van der Waals surface area contributed by atoms with Gasteiger partial charge in [0.25, 0.3) is 5.91 Å². The zero-order valence-corrected chi connectivity index (χ0v) is 24.3. The molecule has 39 heavy (non-hydrogen) atoms. The highest BCUT2D eigenvalue weighted by Gasteiger charge is 2.39. The van der Waals surface area contributed by atoms with Crippen molar-refractivity contribution < 1.29 is 9.90 Å². The number of fused-ring (bicyclic) bond motifs is 1. The van der Waals surface area contributed by atoms with Gasteiger partial charge in [-0.25, -0.2) is 4.99 Å². The number of thioether (sulfide) groups is 2. The van der Waals surface area contributed by atoms with Gasteiger partial charge in [-0.3, -0.25) is 9.69 Å². The third kappa shape index (κ3) is 5.73. The molecule has 0 unspecified atom stereocenters. The smallest absolute Gasteiger partial charge is 0.269 e. The molecule has 202 valence electrons. The predicted octanol–water partition coefficient (Wildman–Crippen LogP) is 6.42. The lowest BCUT2D eigenvalue weighted by molar-refractivity contribution is -0.122. The van der Waals surface area contributed by atoms with E-state index < -0.39 is 0 Å². The molecule has 0 atom stereocenters. The molecule has 1 saturated heterocycles. The standard InChI is InChI=1S/C31H34N4O2S2/c1-4-33(19-20-36)24-15-16-25(22(3)21-24)32-31-35(18-17-23-11-7-6-8-12-23)29(37)28(39-31)30-34(5-2)26-13-9-10-14-27(26)38-30/h6-16,21,36H,4-5,17-20H2,1-3H3. The molecule has 0 radical (unpaired) electrons. The number of para-hydroxylation sites is 1. The number of benzene rings is 3. The summed E-state index contributed by atoms with van der Waals surface area (Å²) in [7, 11) is 0. The van der Waals surface area contributed by atoms with Gasteiger partial charge in [0.15, 0.2) is 5.17 Å². The average Bonchev–Trinajstić information content (AvgIpc) is 3.48. The normalized spacial score (nSPS) is 17.8. The number of rotatable bonds is 9. The molecule has 0 bridgehead atoms. The number of aryl methyl sites for hydroxylation is 1. The Labute approximate surface area is 239 Å². The summed E-state index contributed by atoms with van der Waals surface area (Å²) in [5, 5.41) is 11.1. The molecule has 0 spiro atoms. The number of hydrogen-bond donors (Lipinski definition) is 1. The zero-order chi connectivity index (χ0) is 27.4. The number of carbonyl (C=O) groups is 1. The third-order valence-electron chi connectivity index (χ3n) is 6.96. The Bertz CT molecular complexity index is 1410. The fraction of sp³-hybridized carbons (Fsp3) is 0.290. The Hall–Kier alpha value is -3.20. The fourth-order valence-corrected chi connectivity index (χ4v) is 7.29. The number of aliphatic hydroxyl groups is 1. The molecule has 2 aliphatic heterocycles. The monoisotopic (exact) mass is 558 g/mol. The van der Waals surface area contributed by atoms with Gasteiger partial charge in [0.1, 0.15) is 9.93 Å². The van der Waals surface area contributed by atoms with E-state index in [1.807, 2.05) is 54.3 Å². The lowest BCUT2D eigenvalue weighted by atomic mass is 10.1.